The van der Waals surface area contributed by atoms with E-state index in [4.69, 9.17) is 5.11 Å². The minimum atomic E-state index is -0.742. The highest BCUT2D eigenvalue weighted by Gasteiger charge is 2.32. The molecule has 0 amide bonds. The third kappa shape index (κ3) is 3.19. The molecular weight excluding hydrogens is 206 g/mol. The Bertz CT molecular complexity index is 232. The molecule has 3 atom stereocenters. The van der Waals surface area contributed by atoms with Gasteiger partial charge in [0, 0.05) is 13.1 Å². The van der Waals surface area contributed by atoms with Crippen LogP contribution < -0.4 is 0 Å². The van der Waals surface area contributed by atoms with Gasteiger partial charge >= 0.3 is 5.97 Å². The third-order valence-electron chi connectivity index (χ3n) is 3.50. The standard InChI is InChI=1S/C12H23NO3/c1-3-5-9-8-13(7-6-11(9)14)10(4-2)12(15)16/h9-11,14H,3-8H2,1-2H3,(H,15,16)/t9-,10+,11+/m1/s1. The molecule has 1 aliphatic heterocycles. The Morgan fingerprint density at radius 1 is 1.50 bits per heavy atom. The van der Waals surface area contributed by atoms with E-state index < -0.39 is 5.97 Å². The lowest BCUT2D eigenvalue weighted by atomic mass is 9.89. The van der Waals surface area contributed by atoms with Crippen LogP contribution in [0.5, 0.6) is 0 Å². The molecule has 1 aliphatic rings. The number of rotatable bonds is 5. The van der Waals surface area contributed by atoms with Crippen molar-refractivity contribution in [1.29, 1.82) is 0 Å². The first-order valence-electron chi connectivity index (χ1n) is 6.25. The minimum Gasteiger partial charge on any atom is -0.480 e. The molecule has 0 aromatic carbocycles. The van der Waals surface area contributed by atoms with Crippen LogP contribution in [0.15, 0.2) is 0 Å². The number of hydrogen-bond donors (Lipinski definition) is 2. The number of carboxylic acid groups (broad SMARTS) is 1. The maximum Gasteiger partial charge on any atom is 0.320 e. The van der Waals surface area contributed by atoms with Crippen LogP contribution in [0.1, 0.15) is 39.5 Å². The van der Waals surface area contributed by atoms with Gasteiger partial charge in [0.15, 0.2) is 0 Å². The lowest BCUT2D eigenvalue weighted by molar-refractivity contribution is -0.145. The molecule has 94 valence electrons. The lowest BCUT2D eigenvalue weighted by Gasteiger charge is -2.38. The first-order chi connectivity index (χ1) is 7.60. The second kappa shape index (κ2) is 6.21. The van der Waals surface area contributed by atoms with Crippen LogP contribution in [0.2, 0.25) is 0 Å². The molecule has 0 unspecified atom stereocenters. The summed E-state index contributed by atoms with van der Waals surface area (Å²) in [5.74, 6) is -0.499. The molecule has 0 aromatic heterocycles. The van der Waals surface area contributed by atoms with Gasteiger partial charge in [0.2, 0.25) is 0 Å². The Morgan fingerprint density at radius 2 is 2.19 bits per heavy atom. The molecule has 1 rings (SSSR count). The molecule has 16 heavy (non-hydrogen) atoms. The van der Waals surface area contributed by atoms with Gasteiger partial charge in [-0.25, -0.2) is 0 Å². The smallest absolute Gasteiger partial charge is 0.320 e. The van der Waals surface area contributed by atoms with E-state index in [-0.39, 0.29) is 18.1 Å². The van der Waals surface area contributed by atoms with Crippen LogP contribution in [0, 0.1) is 5.92 Å². The molecule has 4 heteroatoms. The van der Waals surface area contributed by atoms with Crippen molar-refractivity contribution in [3.8, 4) is 0 Å². The number of carbonyl (C=O) groups is 1. The van der Waals surface area contributed by atoms with Gasteiger partial charge in [0.05, 0.1) is 6.10 Å². The summed E-state index contributed by atoms with van der Waals surface area (Å²) in [7, 11) is 0. The Balaban J connectivity index is 2.59. The van der Waals surface area contributed by atoms with Crippen LogP contribution in [0.4, 0.5) is 0 Å². The highest BCUT2D eigenvalue weighted by Crippen LogP contribution is 2.23. The fourth-order valence-corrected chi connectivity index (χ4v) is 2.57. The Kier molecular flexibility index (Phi) is 5.22. The molecule has 1 fully saturated rings. The first-order valence-corrected chi connectivity index (χ1v) is 6.25. The number of carboxylic acids is 1. The normalized spacial score (nSPS) is 28.9. The number of aliphatic hydroxyl groups is 1. The molecule has 0 aliphatic carbocycles. The van der Waals surface area contributed by atoms with Crippen molar-refractivity contribution in [3.63, 3.8) is 0 Å². The molecule has 0 radical (unpaired) electrons. The van der Waals surface area contributed by atoms with E-state index in [2.05, 4.69) is 6.92 Å². The van der Waals surface area contributed by atoms with Crippen molar-refractivity contribution >= 4 is 5.97 Å². The highest BCUT2D eigenvalue weighted by atomic mass is 16.4. The summed E-state index contributed by atoms with van der Waals surface area (Å²) in [6.45, 7) is 5.42. The van der Waals surface area contributed by atoms with Gasteiger partial charge < -0.3 is 10.2 Å². The Morgan fingerprint density at radius 3 is 2.69 bits per heavy atom. The average Bonchev–Trinajstić information content (AvgIpc) is 2.23. The minimum absolute atomic E-state index is 0.243. The predicted octanol–water partition coefficient (Wildman–Crippen LogP) is 1.33. The fraction of sp³-hybridized carbons (Fsp3) is 0.917. The van der Waals surface area contributed by atoms with E-state index in [0.29, 0.717) is 19.4 Å². The lowest BCUT2D eigenvalue weighted by Crippen LogP contribution is -2.50. The largest absolute Gasteiger partial charge is 0.480 e. The van der Waals surface area contributed by atoms with E-state index in [1.54, 1.807) is 0 Å². The summed E-state index contributed by atoms with van der Waals surface area (Å²) in [6.07, 6.45) is 3.11. The van der Waals surface area contributed by atoms with Crippen LogP contribution >= 0.6 is 0 Å². The number of hydrogen-bond acceptors (Lipinski definition) is 3. The van der Waals surface area contributed by atoms with Gasteiger partial charge in [-0.2, -0.15) is 0 Å². The van der Waals surface area contributed by atoms with Gasteiger partial charge in [-0.05, 0) is 25.2 Å². The maximum atomic E-state index is 11.1. The number of likely N-dealkylation sites (tertiary alicyclic amines) is 1. The Labute approximate surface area is 97.3 Å². The number of nitrogens with zero attached hydrogens (tertiary/aromatic N) is 1. The molecule has 0 spiro atoms. The van der Waals surface area contributed by atoms with E-state index in [0.717, 1.165) is 19.4 Å². The molecule has 1 heterocycles. The molecular formula is C12H23NO3. The van der Waals surface area contributed by atoms with Crippen molar-refractivity contribution < 1.29 is 15.0 Å². The summed E-state index contributed by atoms with van der Waals surface area (Å²) in [5, 5.41) is 18.9. The van der Waals surface area contributed by atoms with Gasteiger partial charge in [-0.1, -0.05) is 20.3 Å². The molecule has 2 N–H and O–H groups in total. The Hall–Kier alpha value is -0.610. The van der Waals surface area contributed by atoms with Crippen molar-refractivity contribution in [2.75, 3.05) is 13.1 Å². The summed E-state index contributed by atoms with van der Waals surface area (Å²) in [4.78, 5) is 13.1. The van der Waals surface area contributed by atoms with E-state index in [1.807, 2.05) is 11.8 Å². The van der Waals surface area contributed by atoms with Crippen LogP contribution in [-0.2, 0) is 4.79 Å². The highest BCUT2D eigenvalue weighted by molar-refractivity contribution is 5.73. The summed E-state index contributed by atoms with van der Waals surface area (Å²) >= 11 is 0. The SMILES string of the molecule is CCC[C@@H]1CN([C@@H](CC)C(=O)O)CC[C@@H]1O. The first kappa shape index (κ1) is 13.5. The molecule has 0 bridgehead atoms. The topological polar surface area (TPSA) is 60.8 Å². The van der Waals surface area contributed by atoms with Crippen molar-refractivity contribution in [2.24, 2.45) is 5.92 Å². The quantitative estimate of drug-likeness (QED) is 0.746. The average molecular weight is 229 g/mol. The second-order valence-corrected chi connectivity index (χ2v) is 4.66. The maximum absolute atomic E-state index is 11.1. The zero-order chi connectivity index (χ0) is 12.1. The zero-order valence-electron chi connectivity index (χ0n) is 10.2. The molecule has 0 aromatic rings. The zero-order valence-corrected chi connectivity index (χ0v) is 10.2. The molecule has 1 saturated heterocycles. The van der Waals surface area contributed by atoms with Crippen molar-refractivity contribution in [1.82, 2.24) is 4.90 Å². The summed E-state index contributed by atoms with van der Waals surface area (Å²) in [5.41, 5.74) is 0. The summed E-state index contributed by atoms with van der Waals surface area (Å²) < 4.78 is 0. The monoisotopic (exact) mass is 229 g/mol. The van der Waals surface area contributed by atoms with Crippen LogP contribution in [-0.4, -0.2) is 46.3 Å². The number of piperidine rings is 1. The number of aliphatic carboxylic acids is 1. The fourth-order valence-electron chi connectivity index (χ4n) is 2.57. The second-order valence-electron chi connectivity index (χ2n) is 4.66. The summed E-state index contributed by atoms with van der Waals surface area (Å²) in [6, 6.07) is -0.383. The third-order valence-corrected chi connectivity index (χ3v) is 3.50. The van der Waals surface area contributed by atoms with Gasteiger partial charge in [0.1, 0.15) is 6.04 Å². The van der Waals surface area contributed by atoms with E-state index in [1.165, 1.54) is 0 Å². The molecule has 4 nitrogen and oxygen atoms in total. The van der Waals surface area contributed by atoms with Crippen molar-refractivity contribution in [2.45, 2.75) is 51.7 Å². The van der Waals surface area contributed by atoms with Gasteiger partial charge in [-0.15, -0.1) is 0 Å². The van der Waals surface area contributed by atoms with Crippen LogP contribution in [0.25, 0.3) is 0 Å². The van der Waals surface area contributed by atoms with Crippen molar-refractivity contribution in [3.05, 3.63) is 0 Å². The predicted molar refractivity (Wildman–Crippen MR) is 62.3 cm³/mol. The molecule has 0 saturated carbocycles. The van der Waals surface area contributed by atoms with E-state index in [9.17, 15) is 9.90 Å². The van der Waals surface area contributed by atoms with E-state index >= 15 is 0 Å². The van der Waals surface area contributed by atoms with Crippen LogP contribution in [0.3, 0.4) is 0 Å². The van der Waals surface area contributed by atoms with Gasteiger partial charge in [0.25, 0.3) is 0 Å². The number of aliphatic hydroxyl groups excluding tert-OH is 1. The van der Waals surface area contributed by atoms with Gasteiger partial charge in [-0.3, -0.25) is 9.69 Å².